The van der Waals surface area contributed by atoms with E-state index >= 15 is 0 Å². The Hall–Kier alpha value is -4.45. The Kier molecular flexibility index (Phi) is 9.78. The van der Waals surface area contributed by atoms with Crippen molar-refractivity contribution in [3.8, 4) is 5.75 Å². The Morgan fingerprint density at radius 1 is 1.16 bits per heavy atom. The summed E-state index contributed by atoms with van der Waals surface area (Å²) in [6.45, 7) is 12.0. The number of rotatable bonds is 10. The van der Waals surface area contributed by atoms with Crippen molar-refractivity contribution in [2.24, 2.45) is 0 Å². The number of fused-ring (bicyclic) bond motifs is 1. The first kappa shape index (κ1) is 31.0. The summed E-state index contributed by atoms with van der Waals surface area (Å²) in [7, 11) is 1.67. The minimum atomic E-state index is -0.355. The summed E-state index contributed by atoms with van der Waals surface area (Å²) in [4.78, 5) is 39.4. The zero-order valence-corrected chi connectivity index (χ0v) is 25.9. The molecule has 0 aliphatic carbocycles. The van der Waals surface area contributed by atoms with Crippen molar-refractivity contribution in [3.63, 3.8) is 0 Å². The zero-order chi connectivity index (χ0) is 31.2. The maximum atomic E-state index is 13.1. The van der Waals surface area contributed by atoms with Crippen molar-refractivity contribution in [1.29, 1.82) is 5.41 Å². The number of hydrogen-bond donors (Lipinski definition) is 3. The van der Waals surface area contributed by atoms with Gasteiger partial charge in [-0.2, -0.15) is 4.98 Å². The van der Waals surface area contributed by atoms with E-state index in [1.807, 2.05) is 26.0 Å². The minimum Gasteiger partial charge on any atom is -0.495 e. The van der Waals surface area contributed by atoms with Gasteiger partial charge in [-0.3, -0.25) is 15.0 Å². The van der Waals surface area contributed by atoms with Crippen LogP contribution in [0.15, 0.2) is 54.0 Å². The second-order valence-corrected chi connectivity index (χ2v) is 11.6. The number of nitrogens with one attached hydrogen (secondary N) is 3. The van der Waals surface area contributed by atoms with Crippen molar-refractivity contribution in [2.45, 2.75) is 64.6 Å². The van der Waals surface area contributed by atoms with Gasteiger partial charge < -0.3 is 25.2 Å². The minimum absolute atomic E-state index is 0.0431. The smallest absolute Gasteiger partial charge is 0.278 e. The molecule has 234 valence electrons. The van der Waals surface area contributed by atoms with Crippen LogP contribution < -0.4 is 25.8 Å². The SMILES string of the molecule is C=CCn1c(=O)c2cnc(Nc3ccc(N4CCC(N5CCCCC5)CC4)c(OC)c3)nc2n1C(=N)/C=C\C(=O)NC(C)C. The molecule has 2 aliphatic heterocycles. The topological polar surface area (TPSA) is 133 Å². The van der Waals surface area contributed by atoms with Gasteiger partial charge in [-0.15, -0.1) is 6.58 Å². The number of carbonyl (C=O) groups is 1. The number of benzene rings is 1. The Balaban J connectivity index is 1.36. The first-order chi connectivity index (χ1) is 21.3. The summed E-state index contributed by atoms with van der Waals surface area (Å²) in [5.74, 6) is 0.582. The first-order valence-corrected chi connectivity index (χ1v) is 15.4. The molecule has 1 aromatic carbocycles. The van der Waals surface area contributed by atoms with Crippen molar-refractivity contribution >= 4 is 40.1 Å². The second kappa shape index (κ2) is 13.9. The van der Waals surface area contributed by atoms with Gasteiger partial charge >= 0.3 is 0 Å². The highest BCUT2D eigenvalue weighted by Crippen LogP contribution is 2.34. The summed E-state index contributed by atoms with van der Waals surface area (Å²) in [6.07, 6.45) is 11.9. The van der Waals surface area contributed by atoms with Crippen LogP contribution in [0.2, 0.25) is 0 Å². The van der Waals surface area contributed by atoms with E-state index in [9.17, 15) is 9.59 Å². The largest absolute Gasteiger partial charge is 0.495 e. The predicted octanol–water partition coefficient (Wildman–Crippen LogP) is 3.89. The van der Waals surface area contributed by atoms with E-state index in [1.54, 1.807) is 13.2 Å². The third-order valence-electron chi connectivity index (χ3n) is 8.18. The second-order valence-electron chi connectivity index (χ2n) is 11.6. The molecule has 3 N–H and O–H groups in total. The van der Waals surface area contributed by atoms with Gasteiger partial charge in [-0.25, -0.2) is 14.3 Å². The summed E-state index contributed by atoms with van der Waals surface area (Å²) in [6, 6.07) is 6.57. The first-order valence-electron chi connectivity index (χ1n) is 15.4. The van der Waals surface area contributed by atoms with Crippen LogP contribution in [0.5, 0.6) is 5.75 Å². The molecule has 12 heteroatoms. The van der Waals surface area contributed by atoms with Gasteiger partial charge in [0.1, 0.15) is 17.0 Å². The van der Waals surface area contributed by atoms with Crippen LogP contribution in [-0.4, -0.2) is 81.3 Å². The van der Waals surface area contributed by atoms with E-state index in [0.29, 0.717) is 6.04 Å². The lowest BCUT2D eigenvalue weighted by atomic mass is 9.99. The number of ether oxygens (including phenoxy) is 1. The van der Waals surface area contributed by atoms with E-state index in [4.69, 9.17) is 10.1 Å². The fourth-order valence-electron chi connectivity index (χ4n) is 6.08. The molecule has 2 fully saturated rings. The molecule has 3 aromatic rings. The van der Waals surface area contributed by atoms with Crippen LogP contribution in [0.4, 0.5) is 17.3 Å². The van der Waals surface area contributed by atoms with Gasteiger partial charge in [0.2, 0.25) is 11.9 Å². The molecule has 5 rings (SSSR count). The third kappa shape index (κ3) is 6.85. The van der Waals surface area contributed by atoms with Crippen LogP contribution in [0, 0.1) is 5.41 Å². The van der Waals surface area contributed by atoms with Gasteiger partial charge in [-0.05, 0) is 70.8 Å². The number of piperidine rings is 2. The molecule has 2 aliphatic rings. The van der Waals surface area contributed by atoms with Crippen molar-refractivity contribution < 1.29 is 9.53 Å². The number of nitrogens with zero attached hydrogens (tertiary/aromatic N) is 6. The van der Waals surface area contributed by atoms with E-state index in [2.05, 4.69) is 43.0 Å². The van der Waals surface area contributed by atoms with Gasteiger partial charge in [0.15, 0.2) is 5.65 Å². The molecule has 2 aromatic heterocycles. The molecule has 0 atom stereocenters. The lowest BCUT2D eigenvalue weighted by Crippen LogP contribution is -2.46. The van der Waals surface area contributed by atoms with Crippen LogP contribution in [0.1, 0.15) is 46.0 Å². The van der Waals surface area contributed by atoms with E-state index < -0.39 is 0 Å². The maximum Gasteiger partial charge on any atom is 0.278 e. The molecule has 0 radical (unpaired) electrons. The van der Waals surface area contributed by atoms with Gasteiger partial charge in [-0.1, -0.05) is 12.5 Å². The van der Waals surface area contributed by atoms with Gasteiger partial charge in [0.25, 0.3) is 5.56 Å². The van der Waals surface area contributed by atoms with E-state index in [1.165, 1.54) is 60.1 Å². The van der Waals surface area contributed by atoms with Crippen molar-refractivity contribution in [1.82, 2.24) is 29.5 Å². The molecule has 0 saturated carbocycles. The Morgan fingerprint density at radius 3 is 2.59 bits per heavy atom. The highest BCUT2D eigenvalue weighted by molar-refractivity contribution is 6.02. The number of hydrogen-bond acceptors (Lipinski definition) is 9. The maximum absolute atomic E-state index is 13.1. The third-order valence-corrected chi connectivity index (χ3v) is 8.18. The molecule has 0 bridgehead atoms. The van der Waals surface area contributed by atoms with E-state index in [0.717, 1.165) is 43.1 Å². The van der Waals surface area contributed by atoms with E-state index in [-0.39, 0.29) is 46.9 Å². The molecule has 0 spiro atoms. The predicted molar refractivity (Wildman–Crippen MR) is 174 cm³/mol. The molecule has 12 nitrogen and oxygen atoms in total. The quantitative estimate of drug-likeness (QED) is 0.138. The lowest BCUT2D eigenvalue weighted by Gasteiger charge is -2.41. The highest BCUT2D eigenvalue weighted by Gasteiger charge is 2.27. The molecule has 0 unspecified atom stereocenters. The van der Waals surface area contributed by atoms with Crippen LogP contribution in [0.3, 0.4) is 0 Å². The summed E-state index contributed by atoms with van der Waals surface area (Å²) in [5.41, 5.74) is 1.68. The van der Waals surface area contributed by atoms with Crippen LogP contribution in [-0.2, 0) is 11.3 Å². The zero-order valence-electron chi connectivity index (χ0n) is 25.9. The molecule has 1 amide bonds. The average molecular weight is 602 g/mol. The number of allylic oxidation sites excluding steroid dienone is 2. The standard InChI is InChI=1S/C32H43N9O3/c1-5-15-40-31(43)25-21-34-32(37-30(25)41(40)28(33)11-12-29(42)35-22(2)3)36-23-9-10-26(27(20-23)44-4)39-18-13-24(14-19-39)38-16-7-6-8-17-38/h5,9-12,20-22,24,33H,1,6-8,13-19H2,2-4H3,(H,35,42)(H,34,36,37)/b12-11-,33-28?. The summed E-state index contributed by atoms with van der Waals surface area (Å²) >= 11 is 0. The Labute approximate surface area is 257 Å². The normalized spacial score (nSPS) is 16.5. The van der Waals surface area contributed by atoms with Crippen LogP contribution >= 0.6 is 0 Å². The molecular weight excluding hydrogens is 558 g/mol. The Morgan fingerprint density at radius 2 is 1.91 bits per heavy atom. The van der Waals surface area contributed by atoms with Crippen molar-refractivity contribution in [3.05, 3.63) is 59.6 Å². The summed E-state index contributed by atoms with van der Waals surface area (Å²) in [5, 5.41) is 14.9. The number of carbonyl (C=O) groups excluding carboxylic acids is 1. The number of aromatic nitrogens is 4. The molecule has 4 heterocycles. The molecule has 2 saturated heterocycles. The fourth-order valence-corrected chi connectivity index (χ4v) is 6.08. The van der Waals surface area contributed by atoms with Gasteiger partial charge in [0, 0.05) is 49.2 Å². The lowest BCUT2D eigenvalue weighted by molar-refractivity contribution is -0.116. The fraction of sp³-hybridized carbons (Fsp3) is 0.469. The van der Waals surface area contributed by atoms with Crippen molar-refractivity contribution in [2.75, 3.05) is 43.5 Å². The number of anilines is 3. The van der Waals surface area contributed by atoms with Crippen LogP contribution in [0.25, 0.3) is 11.0 Å². The number of methoxy groups -OCH3 is 1. The highest BCUT2D eigenvalue weighted by atomic mass is 16.5. The number of likely N-dealkylation sites (tertiary alicyclic amines) is 1. The Bertz CT molecular complexity index is 1590. The molecular formula is C32H43N9O3. The van der Waals surface area contributed by atoms with Gasteiger partial charge in [0.05, 0.1) is 19.3 Å². The monoisotopic (exact) mass is 601 g/mol. The average Bonchev–Trinajstić information content (AvgIpc) is 3.30. The number of amides is 1. The summed E-state index contributed by atoms with van der Waals surface area (Å²) < 4.78 is 8.50. The molecule has 44 heavy (non-hydrogen) atoms.